The summed E-state index contributed by atoms with van der Waals surface area (Å²) in [6.45, 7) is 13.9. The molecule has 1 aromatic heterocycles. The molecule has 0 saturated carbocycles. The molecule has 2 heterocycles. The number of thiophene rings is 1. The molecule has 26 heavy (non-hydrogen) atoms. The highest BCUT2D eigenvalue weighted by atomic mass is 32.1. The molecule has 1 aliphatic rings. The van der Waals surface area contributed by atoms with Crippen molar-refractivity contribution >= 4 is 28.2 Å². The number of likely N-dealkylation sites (tertiary alicyclic amines) is 1. The Balaban J connectivity index is 1.79. The Kier molecular flexibility index (Phi) is 7.24. The average molecular weight is 380 g/mol. The summed E-state index contributed by atoms with van der Waals surface area (Å²) in [4.78, 5) is 27.7. The first-order valence-corrected chi connectivity index (χ1v) is 10.4. The van der Waals surface area contributed by atoms with Gasteiger partial charge in [0.05, 0.1) is 9.88 Å². The number of nitrogens with one attached hydrogen (secondary N) is 2. The summed E-state index contributed by atoms with van der Waals surface area (Å²) in [5.41, 5.74) is 0.452. The number of hydrogen-bond acceptors (Lipinski definition) is 4. The number of carbonyl (C=O) groups is 2. The highest BCUT2D eigenvalue weighted by Crippen LogP contribution is 2.28. The Morgan fingerprint density at radius 1 is 1.35 bits per heavy atom. The third kappa shape index (κ3) is 6.09. The molecule has 0 bridgehead atoms. The van der Waals surface area contributed by atoms with Crippen LogP contribution in [0.5, 0.6) is 0 Å². The average Bonchev–Trinajstić information content (AvgIpc) is 2.91. The minimum atomic E-state index is -0.452. The topological polar surface area (TPSA) is 61.4 Å². The van der Waals surface area contributed by atoms with E-state index in [2.05, 4.69) is 22.5 Å². The summed E-state index contributed by atoms with van der Waals surface area (Å²) in [6.07, 6.45) is 3.58. The molecule has 1 saturated heterocycles. The van der Waals surface area contributed by atoms with Gasteiger partial charge >= 0.3 is 0 Å². The lowest BCUT2D eigenvalue weighted by Crippen LogP contribution is -2.36. The van der Waals surface area contributed by atoms with Crippen LogP contribution in [-0.4, -0.2) is 42.9 Å². The third-order valence-corrected chi connectivity index (χ3v) is 5.87. The second kappa shape index (κ2) is 9.00. The zero-order chi connectivity index (χ0) is 19.3. The van der Waals surface area contributed by atoms with Crippen molar-refractivity contribution in [3.63, 3.8) is 0 Å². The number of anilines is 1. The smallest absolute Gasteiger partial charge is 0.261 e. The van der Waals surface area contributed by atoms with Crippen LogP contribution in [0.2, 0.25) is 0 Å². The highest BCUT2D eigenvalue weighted by molar-refractivity contribution is 7.18. The Hall–Kier alpha value is -1.40. The molecular formula is C20H33N3O2S. The van der Waals surface area contributed by atoms with Gasteiger partial charge in [-0.25, -0.2) is 0 Å². The van der Waals surface area contributed by atoms with Crippen LogP contribution in [-0.2, 0) is 4.79 Å². The highest BCUT2D eigenvalue weighted by Gasteiger charge is 2.23. The molecule has 0 spiro atoms. The summed E-state index contributed by atoms with van der Waals surface area (Å²) in [6, 6.07) is 1.87. The SMILES string of the molecule is Cc1cc(NC(=O)C(C)(C)C)sc1C(=O)NCCCN1CCC[C@@H](C)C1. The van der Waals surface area contributed by atoms with Crippen LogP contribution >= 0.6 is 11.3 Å². The number of piperidine rings is 1. The fourth-order valence-electron chi connectivity index (χ4n) is 3.14. The molecule has 1 aromatic rings. The van der Waals surface area contributed by atoms with Crippen molar-refractivity contribution in [2.45, 2.75) is 53.9 Å². The van der Waals surface area contributed by atoms with Crippen LogP contribution in [0.25, 0.3) is 0 Å². The standard InChI is InChI=1S/C20H33N3O2S/c1-14-8-6-10-23(13-14)11-7-9-21-18(24)17-15(2)12-16(26-17)22-19(25)20(3,4)5/h12,14H,6-11,13H2,1-5H3,(H,21,24)(H,22,25)/t14-/m1/s1. The lowest BCUT2D eigenvalue weighted by molar-refractivity contribution is -0.123. The van der Waals surface area contributed by atoms with Gasteiger partial charge in [-0.1, -0.05) is 27.7 Å². The van der Waals surface area contributed by atoms with E-state index in [0.717, 1.165) is 29.4 Å². The minimum Gasteiger partial charge on any atom is -0.351 e. The molecule has 6 heteroatoms. The Morgan fingerprint density at radius 3 is 2.73 bits per heavy atom. The van der Waals surface area contributed by atoms with E-state index in [-0.39, 0.29) is 11.8 Å². The molecule has 2 rings (SSSR count). The molecule has 5 nitrogen and oxygen atoms in total. The van der Waals surface area contributed by atoms with Crippen LogP contribution in [0.4, 0.5) is 5.00 Å². The van der Waals surface area contributed by atoms with Crippen molar-refractivity contribution in [3.8, 4) is 0 Å². The van der Waals surface area contributed by atoms with E-state index in [1.165, 1.54) is 37.3 Å². The molecule has 0 radical (unpaired) electrons. The van der Waals surface area contributed by atoms with Gasteiger partial charge in [-0.15, -0.1) is 11.3 Å². The molecule has 2 N–H and O–H groups in total. The van der Waals surface area contributed by atoms with Crippen molar-refractivity contribution in [3.05, 3.63) is 16.5 Å². The first kappa shape index (κ1) is 20.9. The monoisotopic (exact) mass is 379 g/mol. The molecule has 2 amide bonds. The Labute approximate surface area is 161 Å². The number of hydrogen-bond donors (Lipinski definition) is 2. The van der Waals surface area contributed by atoms with Gasteiger partial charge in [-0.05, 0) is 56.8 Å². The first-order valence-electron chi connectivity index (χ1n) is 9.59. The second-order valence-corrected chi connectivity index (χ2v) is 9.54. The number of rotatable bonds is 6. The van der Waals surface area contributed by atoms with Crippen molar-refractivity contribution in [1.29, 1.82) is 0 Å². The summed E-state index contributed by atoms with van der Waals surface area (Å²) < 4.78 is 0. The zero-order valence-corrected chi connectivity index (χ0v) is 17.6. The van der Waals surface area contributed by atoms with Gasteiger partial charge in [0.15, 0.2) is 0 Å². The van der Waals surface area contributed by atoms with Gasteiger partial charge in [-0.2, -0.15) is 0 Å². The van der Waals surface area contributed by atoms with Crippen molar-refractivity contribution in [2.75, 3.05) is 31.5 Å². The summed E-state index contributed by atoms with van der Waals surface area (Å²) in [5, 5.41) is 6.66. The van der Waals surface area contributed by atoms with E-state index < -0.39 is 5.41 Å². The normalized spacial score (nSPS) is 18.6. The van der Waals surface area contributed by atoms with E-state index in [1.807, 2.05) is 33.8 Å². The van der Waals surface area contributed by atoms with Gasteiger partial charge in [0.2, 0.25) is 5.91 Å². The van der Waals surface area contributed by atoms with Crippen molar-refractivity contribution in [1.82, 2.24) is 10.2 Å². The van der Waals surface area contributed by atoms with Crippen molar-refractivity contribution < 1.29 is 9.59 Å². The predicted octanol–water partition coefficient (Wildman–Crippen LogP) is 3.89. The van der Waals surface area contributed by atoms with E-state index in [0.29, 0.717) is 11.4 Å². The van der Waals surface area contributed by atoms with Gasteiger partial charge in [0.25, 0.3) is 5.91 Å². The van der Waals surface area contributed by atoms with Crippen LogP contribution in [0, 0.1) is 18.3 Å². The lowest BCUT2D eigenvalue weighted by Gasteiger charge is -2.30. The van der Waals surface area contributed by atoms with Crippen LogP contribution in [0.3, 0.4) is 0 Å². The van der Waals surface area contributed by atoms with E-state index in [1.54, 1.807) is 0 Å². The first-order chi connectivity index (χ1) is 12.2. The van der Waals surface area contributed by atoms with Gasteiger partial charge < -0.3 is 15.5 Å². The lowest BCUT2D eigenvalue weighted by atomic mass is 9.96. The summed E-state index contributed by atoms with van der Waals surface area (Å²) >= 11 is 1.34. The molecule has 1 atom stereocenters. The van der Waals surface area contributed by atoms with Crippen LogP contribution in [0.1, 0.15) is 62.2 Å². The molecule has 1 fully saturated rings. The molecular weight excluding hydrogens is 346 g/mol. The third-order valence-electron chi connectivity index (χ3n) is 4.72. The number of carbonyl (C=O) groups excluding carboxylic acids is 2. The molecule has 0 aliphatic carbocycles. The maximum atomic E-state index is 12.4. The van der Waals surface area contributed by atoms with E-state index in [9.17, 15) is 9.59 Å². The molecule has 0 unspecified atom stereocenters. The van der Waals surface area contributed by atoms with E-state index >= 15 is 0 Å². The van der Waals surface area contributed by atoms with Gasteiger partial charge in [0, 0.05) is 18.5 Å². The molecule has 0 aromatic carbocycles. The zero-order valence-electron chi connectivity index (χ0n) is 16.8. The molecule has 1 aliphatic heterocycles. The maximum Gasteiger partial charge on any atom is 0.261 e. The summed E-state index contributed by atoms with van der Waals surface area (Å²) in [7, 11) is 0. The quantitative estimate of drug-likeness (QED) is 0.737. The van der Waals surface area contributed by atoms with Gasteiger partial charge in [-0.3, -0.25) is 9.59 Å². The van der Waals surface area contributed by atoms with Gasteiger partial charge in [0.1, 0.15) is 0 Å². The fourth-order valence-corrected chi connectivity index (χ4v) is 4.13. The summed E-state index contributed by atoms with van der Waals surface area (Å²) in [5.74, 6) is 0.700. The van der Waals surface area contributed by atoms with E-state index in [4.69, 9.17) is 0 Å². The largest absolute Gasteiger partial charge is 0.351 e. The number of aryl methyl sites for hydroxylation is 1. The molecule has 146 valence electrons. The predicted molar refractivity (Wildman–Crippen MR) is 109 cm³/mol. The van der Waals surface area contributed by atoms with Crippen molar-refractivity contribution in [2.24, 2.45) is 11.3 Å². The van der Waals surface area contributed by atoms with Crippen LogP contribution < -0.4 is 10.6 Å². The number of nitrogens with zero attached hydrogens (tertiary/aromatic N) is 1. The fraction of sp³-hybridized carbons (Fsp3) is 0.700. The minimum absolute atomic E-state index is 0.0403. The Morgan fingerprint density at radius 2 is 2.08 bits per heavy atom. The number of amides is 2. The maximum absolute atomic E-state index is 12.4. The van der Waals surface area contributed by atoms with Crippen LogP contribution in [0.15, 0.2) is 6.07 Å². The second-order valence-electron chi connectivity index (χ2n) is 8.48. The Bertz CT molecular complexity index is 633.